The lowest BCUT2D eigenvalue weighted by atomic mass is 10.00. The summed E-state index contributed by atoms with van der Waals surface area (Å²) in [4.78, 5) is 0. The van der Waals surface area contributed by atoms with Crippen LogP contribution in [0.3, 0.4) is 0 Å². The second-order valence-corrected chi connectivity index (χ2v) is 12.3. The van der Waals surface area contributed by atoms with Gasteiger partial charge in [0, 0.05) is 27.2 Å². The van der Waals surface area contributed by atoms with Crippen molar-refractivity contribution in [1.29, 1.82) is 15.8 Å². The Labute approximate surface area is 287 Å². The van der Waals surface area contributed by atoms with Crippen LogP contribution >= 0.6 is 0 Å². The fourth-order valence-electron chi connectivity index (χ4n) is 7.37. The van der Waals surface area contributed by atoms with Gasteiger partial charge in [-0.2, -0.15) is 15.8 Å². The van der Waals surface area contributed by atoms with Crippen molar-refractivity contribution in [3.8, 4) is 51.8 Å². The topological polar surface area (TPSA) is 81.2 Å². The van der Waals surface area contributed by atoms with E-state index in [2.05, 4.69) is 138 Å². The lowest BCUT2D eigenvalue weighted by molar-refractivity contribution is 1.15. The fraction of sp³-hybridized carbons (Fsp3) is 0. The summed E-state index contributed by atoms with van der Waals surface area (Å²) in [5, 5.41) is 34.4. The van der Waals surface area contributed by atoms with Gasteiger partial charge in [-0.1, -0.05) is 103 Å². The van der Waals surface area contributed by atoms with Crippen molar-refractivity contribution in [2.45, 2.75) is 0 Å². The fourth-order valence-corrected chi connectivity index (χ4v) is 7.37. The quantitative estimate of drug-likeness (QED) is 0.193. The van der Waals surface area contributed by atoms with Crippen LogP contribution in [0.1, 0.15) is 16.7 Å². The van der Waals surface area contributed by atoms with Gasteiger partial charge in [0.2, 0.25) is 0 Å². The Bertz CT molecular complexity index is 2910. The molecule has 9 aromatic rings. The molecule has 0 aliphatic heterocycles. The summed E-state index contributed by atoms with van der Waals surface area (Å²) in [5.74, 6) is 0. The molecule has 0 N–H and O–H groups in total. The number of hydrogen-bond donors (Lipinski definition) is 0. The first-order chi connectivity index (χ1) is 24.7. The molecule has 0 spiro atoms. The zero-order valence-corrected chi connectivity index (χ0v) is 26.7. The predicted molar refractivity (Wildman–Crippen MR) is 200 cm³/mol. The van der Waals surface area contributed by atoms with E-state index in [1.54, 1.807) is 12.1 Å². The van der Waals surface area contributed by atoms with Gasteiger partial charge in [0.15, 0.2) is 0 Å². The number of para-hydroxylation sites is 2. The second kappa shape index (κ2) is 11.4. The van der Waals surface area contributed by atoms with Gasteiger partial charge in [-0.15, -0.1) is 0 Å². The highest BCUT2D eigenvalue weighted by atomic mass is 15.0. The Kier molecular flexibility index (Phi) is 6.56. The molecule has 7 aromatic carbocycles. The molecule has 0 amide bonds. The van der Waals surface area contributed by atoms with Crippen LogP contribution in [0.25, 0.3) is 77.2 Å². The monoisotopic (exact) mass is 635 g/mol. The van der Waals surface area contributed by atoms with Crippen LogP contribution in [-0.4, -0.2) is 9.13 Å². The van der Waals surface area contributed by atoms with E-state index >= 15 is 0 Å². The minimum absolute atomic E-state index is 0.273. The number of hydrogen-bond acceptors (Lipinski definition) is 3. The number of fused-ring (bicyclic) bond motifs is 6. The largest absolute Gasteiger partial charge is 0.309 e. The van der Waals surface area contributed by atoms with Crippen LogP contribution in [0.4, 0.5) is 0 Å². The van der Waals surface area contributed by atoms with E-state index in [4.69, 9.17) is 0 Å². The maximum absolute atomic E-state index is 10.3. The van der Waals surface area contributed by atoms with Gasteiger partial charge >= 0.3 is 0 Å². The normalized spacial score (nSPS) is 11.1. The smallest absolute Gasteiger partial charge is 0.101 e. The van der Waals surface area contributed by atoms with E-state index < -0.39 is 0 Å². The van der Waals surface area contributed by atoms with E-state index in [1.807, 2.05) is 28.8 Å². The molecule has 0 atom stereocenters. The molecule has 230 valence electrons. The molecule has 2 heterocycles. The van der Waals surface area contributed by atoms with Gasteiger partial charge < -0.3 is 9.13 Å². The average molecular weight is 636 g/mol. The van der Waals surface area contributed by atoms with Crippen molar-refractivity contribution in [3.05, 3.63) is 168 Å². The van der Waals surface area contributed by atoms with Gasteiger partial charge in [-0.05, 0) is 70.8 Å². The molecule has 0 bridgehead atoms. The molecule has 0 saturated heterocycles. The third-order valence-corrected chi connectivity index (χ3v) is 9.60. The number of nitrogens with zero attached hydrogens (tertiary/aromatic N) is 5. The van der Waals surface area contributed by atoms with E-state index in [9.17, 15) is 15.8 Å². The number of benzene rings is 7. The van der Waals surface area contributed by atoms with Crippen LogP contribution in [0.5, 0.6) is 0 Å². The summed E-state index contributed by atoms with van der Waals surface area (Å²) in [6.45, 7) is 0. The molecule has 0 unspecified atom stereocenters. The van der Waals surface area contributed by atoms with Crippen molar-refractivity contribution in [2.24, 2.45) is 0 Å². The Hall–Kier alpha value is -7.39. The minimum Gasteiger partial charge on any atom is -0.309 e. The van der Waals surface area contributed by atoms with Crippen LogP contribution in [-0.2, 0) is 0 Å². The highest BCUT2D eigenvalue weighted by molar-refractivity contribution is 6.19. The highest BCUT2D eigenvalue weighted by Crippen LogP contribution is 2.41. The SMILES string of the molecule is N#Cc1cc(C#N)c(-n2c3ccccc3c3cc4c5ccccc5n(-c5cccc(-c6ccc(-c7ccccc7)cc6)c5)c4cc32)c(C#N)c1. The summed E-state index contributed by atoms with van der Waals surface area (Å²) < 4.78 is 4.30. The Morgan fingerprint density at radius 1 is 0.360 bits per heavy atom. The summed E-state index contributed by atoms with van der Waals surface area (Å²) in [6.07, 6.45) is 0. The van der Waals surface area contributed by atoms with Crippen LogP contribution in [0, 0.1) is 34.0 Å². The first kappa shape index (κ1) is 28.8. The van der Waals surface area contributed by atoms with Crippen LogP contribution < -0.4 is 0 Å². The molecule has 2 aromatic heterocycles. The summed E-state index contributed by atoms with van der Waals surface area (Å²) in [5.41, 5.74) is 10.8. The molecule has 5 nitrogen and oxygen atoms in total. The molecule has 0 aliphatic rings. The number of aromatic nitrogens is 2. The molecule has 0 saturated carbocycles. The van der Waals surface area contributed by atoms with Crippen molar-refractivity contribution in [1.82, 2.24) is 9.13 Å². The summed E-state index contributed by atoms with van der Waals surface area (Å²) in [7, 11) is 0. The van der Waals surface area contributed by atoms with Crippen LogP contribution in [0.2, 0.25) is 0 Å². The molecule has 9 rings (SSSR count). The predicted octanol–water partition coefficient (Wildman–Crippen LogP) is 10.8. The van der Waals surface area contributed by atoms with E-state index in [0.717, 1.165) is 60.4 Å². The molecule has 0 fully saturated rings. The molecular weight excluding hydrogens is 611 g/mol. The maximum Gasteiger partial charge on any atom is 0.101 e. The van der Waals surface area contributed by atoms with Gasteiger partial charge in [-0.3, -0.25) is 0 Å². The summed E-state index contributed by atoms with van der Waals surface area (Å²) in [6, 6.07) is 58.3. The second-order valence-electron chi connectivity index (χ2n) is 12.3. The van der Waals surface area contributed by atoms with E-state index in [0.29, 0.717) is 5.69 Å². The first-order valence-electron chi connectivity index (χ1n) is 16.3. The third-order valence-electron chi connectivity index (χ3n) is 9.60. The Balaban J connectivity index is 1.31. The Morgan fingerprint density at radius 3 is 1.50 bits per heavy atom. The maximum atomic E-state index is 10.3. The lowest BCUT2D eigenvalue weighted by Gasteiger charge is -2.13. The van der Waals surface area contributed by atoms with Crippen molar-refractivity contribution >= 4 is 43.6 Å². The van der Waals surface area contributed by atoms with E-state index in [-0.39, 0.29) is 16.7 Å². The van der Waals surface area contributed by atoms with Crippen molar-refractivity contribution < 1.29 is 0 Å². The van der Waals surface area contributed by atoms with Gasteiger partial charge in [-0.25, -0.2) is 0 Å². The minimum atomic E-state index is 0.273. The zero-order chi connectivity index (χ0) is 33.8. The summed E-state index contributed by atoms with van der Waals surface area (Å²) >= 11 is 0. The van der Waals surface area contributed by atoms with Gasteiger partial charge in [0.05, 0.1) is 50.5 Å². The standard InChI is InChI=1S/C45H25N5/c46-26-29-21-34(27-47)45(35(22-29)28-48)50-42-16-7-5-14-38(42)40-24-39-37-13-4-6-15-41(37)49(43(39)25-44(40)50)36-12-8-11-33(23-36)32-19-17-31(18-20-32)30-9-2-1-3-10-30/h1-25H. The lowest BCUT2D eigenvalue weighted by Crippen LogP contribution is -2.02. The third kappa shape index (κ3) is 4.38. The number of rotatable bonds is 4. The average Bonchev–Trinajstić information content (AvgIpc) is 3.68. The Morgan fingerprint density at radius 2 is 0.880 bits per heavy atom. The van der Waals surface area contributed by atoms with Gasteiger partial charge in [0.1, 0.15) is 12.1 Å². The molecular formula is C45H25N5. The van der Waals surface area contributed by atoms with Gasteiger partial charge in [0.25, 0.3) is 0 Å². The highest BCUT2D eigenvalue weighted by Gasteiger charge is 2.22. The molecule has 0 aliphatic carbocycles. The van der Waals surface area contributed by atoms with Crippen molar-refractivity contribution in [2.75, 3.05) is 0 Å². The molecule has 5 heteroatoms. The van der Waals surface area contributed by atoms with Crippen molar-refractivity contribution in [3.63, 3.8) is 0 Å². The zero-order valence-electron chi connectivity index (χ0n) is 26.7. The molecule has 50 heavy (non-hydrogen) atoms. The van der Waals surface area contributed by atoms with Crippen LogP contribution in [0.15, 0.2) is 152 Å². The number of nitriles is 3. The van der Waals surface area contributed by atoms with E-state index in [1.165, 1.54) is 11.1 Å². The first-order valence-corrected chi connectivity index (χ1v) is 16.3. The molecule has 0 radical (unpaired) electrons.